The fourth-order valence-corrected chi connectivity index (χ4v) is 3.49. The van der Waals surface area contributed by atoms with Crippen molar-refractivity contribution in [3.05, 3.63) is 36.0 Å². The van der Waals surface area contributed by atoms with Crippen LogP contribution < -0.4 is 0 Å². The van der Waals surface area contributed by atoms with Gasteiger partial charge in [0.15, 0.2) is 0 Å². The molecule has 0 radical (unpaired) electrons. The zero-order valence-corrected chi connectivity index (χ0v) is 13.9. The van der Waals surface area contributed by atoms with Crippen molar-refractivity contribution in [1.29, 1.82) is 0 Å². The van der Waals surface area contributed by atoms with Gasteiger partial charge in [-0.05, 0) is 18.1 Å². The lowest BCUT2D eigenvalue weighted by Crippen LogP contribution is -2.40. The maximum absolute atomic E-state index is 12.5. The smallest absolute Gasteiger partial charge is 0.326 e. The molecule has 0 aliphatic carbocycles. The van der Waals surface area contributed by atoms with Crippen LogP contribution in [-0.4, -0.2) is 52.3 Å². The van der Waals surface area contributed by atoms with Crippen molar-refractivity contribution in [3.8, 4) is 0 Å². The molecule has 0 saturated carbocycles. The summed E-state index contributed by atoms with van der Waals surface area (Å²) in [6.45, 7) is 0.349. The van der Waals surface area contributed by atoms with Crippen molar-refractivity contribution in [2.75, 3.05) is 13.7 Å². The second-order valence-corrected chi connectivity index (χ2v) is 6.28. The maximum atomic E-state index is 12.5. The minimum absolute atomic E-state index is 0.130. The van der Waals surface area contributed by atoms with Gasteiger partial charge in [-0.25, -0.2) is 4.79 Å². The molecule has 0 bridgehead atoms. The number of benzene rings is 1. The van der Waals surface area contributed by atoms with Gasteiger partial charge in [0.2, 0.25) is 5.91 Å². The molecule has 24 heavy (non-hydrogen) atoms. The molecule has 128 valence electrons. The zero-order chi connectivity index (χ0) is 17.3. The van der Waals surface area contributed by atoms with Crippen LogP contribution in [0.15, 0.2) is 30.5 Å². The van der Waals surface area contributed by atoms with Gasteiger partial charge in [0, 0.05) is 50.6 Å². The van der Waals surface area contributed by atoms with E-state index in [0.29, 0.717) is 25.8 Å². The molecule has 2 unspecified atom stereocenters. The standard InChI is InChI=1S/C18H22N2O4/c1-19-10-12(14-5-3-4-6-15(14)19)7-8-17(21)20-11-13(24-2)9-16(20)18(22)23/h3-6,10,13,16H,7-9,11H2,1-2H3,(H,22,23). The van der Waals surface area contributed by atoms with E-state index in [1.54, 1.807) is 7.11 Å². The van der Waals surface area contributed by atoms with E-state index < -0.39 is 12.0 Å². The van der Waals surface area contributed by atoms with Crippen LogP contribution in [0.3, 0.4) is 0 Å². The van der Waals surface area contributed by atoms with Crippen molar-refractivity contribution in [2.45, 2.75) is 31.4 Å². The number of carboxylic acid groups (broad SMARTS) is 1. The minimum atomic E-state index is -0.965. The molecule has 1 fully saturated rings. The number of methoxy groups -OCH3 is 1. The highest BCUT2D eigenvalue weighted by molar-refractivity contribution is 5.86. The van der Waals surface area contributed by atoms with Crippen LogP contribution in [-0.2, 0) is 27.8 Å². The molecule has 3 rings (SSSR count). The van der Waals surface area contributed by atoms with Crippen LogP contribution >= 0.6 is 0 Å². The SMILES string of the molecule is COC1CC(C(=O)O)N(C(=O)CCc2cn(C)c3ccccc23)C1. The first-order chi connectivity index (χ1) is 11.5. The van der Waals surface area contributed by atoms with E-state index in [4.69, 9.17) is 4.74 Å². The summed E-state index contributed by atoms with van der Waals surface area (Å²) in [7, 11) is 3.53. The Morgan fingerprint density at radius 3 is 2.79 bits per heavy atom. The molecule has 1 aromatic heterocycles. The van der Waals surface area contributed by atoms with Crippen LogP contribution in [0.1, 0.15) is 18.4 Å². The second-order valence-electron chi connectivity index (χ2n) is 6.28. The molecule has 6 heteroatoms. The number of aryl methyl sites for hydroxylation is 2. The zero-order valence-electron chi connectivity index (χ0n) is 13.9. The number of aliphatic carboxylic acids is 1. The quantitative estimate of drug-likeness (QED) is 0.907. The Morgan fingerprint density at radius 2 is 2.08 bits per heavy atom. The van der Waals surface area contributed by atoms with Gasteiger partial charge in [-0.1, -0.05) is 18.2 Å². The molecule has 6 nitrogen and oxygen atoms in total. The van der Waals surface area contributed by atoms with Gasteiger partial charge in [0.25, 0.3) is 0 Å². The van der Waals surface area contributed by atoms with Crippen molar-refractivity contribution < 1.29 is 19.4 Å². The van der Waals surface area contributed by atoms with Crippen molar-refractivity contribution in [3.63, 3.8) is 0 Å². The van der Waals surface area contributed by atoms with Gasteiger partial charge in [-0.3, -0.25) is 4.79 Å². The fourth-order valence-electron chi connectivity index (χ4n) is 3.49. The topological polar surface area (TPSA) is 71.8 Å². The third-order valence-corrected chi connectivity index (χ3v) is 4.79. The normalized spacial score (nSPS) is 20.7. The summed E-state index contributed by atoms with van der Waals surface area (Å²) in [4.78, 5) is 25.4. The van der Waals surface area contributed by atoms with E-state index in [1.807, 2.05) is 42.1 Å². The Morgan fingerprint density at radius 1 is 1.33 bits per heavy atom. The molecule has 1 aliphatic rings. The van der Waals surface area contributed by atoms with Gasteiger partial charge in [-0.15, -0.1) is 0 Å². The Kier molecular flexibility index (Phi) is 4.57. The van der Waals surface area contributed by atoms with Gasteiger partial charge in [0.05, 0.1) is 6.10 Å². The monoisotopic (exact) mass is 330 g/mol. The van der Waals surface area contributed by atoms with Crippen LogP contribution in [0.5, 0.6) is 0 Å². The van der Waals surface area contributed by atoms with Crippen LogP contribution in [0.25, 0.3) is 10.9 Å². The second kappa shape index (κ2) is 6.65. The first-order valence-corrected chi connectivity index (χ1v) is 8.09. The van der Waals surface area contributed by atoms with E-state index in [0.717, 1.165) is 16.5 Å². The third-order valence-electron chi connectivity index (χ3n) is 4.79. The number of nitrogens with zero attached hydrogens (tertiary/aromatic N) is 2. The van der Waals surface area contributed by atoms with E-state index in [-0.39, 0.29) is 12.0 Å². The average molecular weight is 330 g/mol. The summed E-state index contributed by atoms with van der Waals surface area (Å²) < 4.78 is 7.28. The lowest BCUT2D eigenvalue weighted by molar-refractivity contribution is -0.148. The summed E-state index contributed by atoms with van der Waals surface area (Å²) in [6.07, 6.45) is 3.09. The Balaban J connectivity index is 1.71. The number of ether oxygens (including phenoxy) is 1. The van der Waals surface area contributed by atoms with Gasteiger partial charge in [0.1, 0.15) is 6.04 Å². The van der Waals surface area contributed by atoms with Crippen molar-refractivity contribution in [1.82, 2.24) is 9.47 Å². The number of carbonyl (C=O) groups is 2. The Bertz CT molecular complexity index is 767. The Labute approximate surface area is 140 Å². The first kappa shape index (κ1) is 16.5. The molecule has 1 aromatic carbocycles. The molecule has 1 aliphatic heterocycles. The number of amides is 1. The number of likely N-dealkylation sites (tertiary alicyclic amines) is 1. The van der Waals surface area contributed by atoms with E-state index >= 15 is 0 Å². The lowest BCUT2D eigenvalue weighted by atomic mass is 10.1. The number of para-hydroxylation sites is 1. The summed E-state index contributed by atoms with van der Waals surface area (Å²) in [5.74, 6) is -1.09. The number of carboxylic acids is 1. The summed E-state index contributed by atoms with van der Waals surface area (Å²) >= 11 is 0. The van der Waals surface area contributed by atoms with Crippen LogP contribution in [0, 0.1) is 0 Å². The van der Waals surface area contributed by atoms with E-state index in [9.17, 15) is 14.7 Å². The molecule has 1 amide bonds. The van der Waals surface area contributed by atoms with Crippen LogP contribution in [0.2, 0.25) is 0 Å². The number of aromatic nitrogens is 1. The van der Waals surface area contributed by atoms with Crippen molar-refractivity contribution in [2.24, 2.45) is 7.05 Å². The van der Waals surface area contributed by atoms with Crippen LogP contribution in [0.4, 0.5) is 0 Å². The van der Waals surface area contributed by atoms with E-state index in [2.05, 4.69) is 0 Å². The highest BCUT2D eigenvalue weighted by atomic mass is 16.5. The van der Waals surface area contributed by atoms with Crippen molar-refractivity contribution >= 4 is 22.8 Å². The molecule has 1 saturated heterocycles. The molecule has 1 N–H and O–H groups in total. The summed E-state index contributed by atoms with van der Waals surface area (Å²) in [6, 6.07) is 7.29. The van der Waals surface area contributed by atoms with E-state index in [1.165, 1.54) is 4.90 Å². The number of carbonyl (C=O) groups excluding carboxylic acids is 1. The summed E-state index contributed by atoms with van der Waals surface area (Å²) in [5, 5.41) is 10.5. The predicted molar refractivity (Wildman–Crippen MR) is 89.8 cm³/mol. The fraction of sp³-hybridized carbons (Fsp3) is 0.444. The largest absolute Gasteiger partial charge is 0.480 e. The highest BCUT2D eigenvalue weighted by Gasteiger charge is 2.39. The van der Waals surface area contributed by atoms with Gasteiger partial charge in [-0.2, -0.15) is 0 Å². The van der Waals surface area contributed by atoms with Gasteiger partial charge >= 0.3 is 5.97 Å². The number of hydrogen-bond acceptors (Lipinski definition) is 3. The Hall–Kier alpha value is -2.34. The average Bonchev–Trinajstić information content (AvgIpc) is 3.15. The third kappa shape index (κ3) is 3.01. The molecular weight excluding hydrogens is 308 g/mol. The number of rotatable bonds is 5. The molecule has 0 spiro atoms. The summed E-state index contributed by atoms with van der Waals surface area (Å²) in [5.41, 5.74) is 2.24. The molecule has 2 aromatic rings. The number of fused-ring (bicyclic) bond motifs is 1. The minimum Gasteiger partial charge on any atom is -0.480 e. The highest BCUT2D eigenvalue weighted by Crippen LogP contribution is 2.24. The van der Waals surface area contributed by atoms with Gasteiger partial charge < -0.3 is 19.3 Å². The molecule has 2 atom stereocenters. The molecule has 2 heterocycles. The lowest BCUT2D eigenvalue weighted by Gasteiger charge is -2.21. The predicted octanol–water partition coefficient (Wildman–Crippen LogP) is 1.81. The maximum Gasteiger partial charge on any atom is 0.326 e. The number of hydrogen-bond donors (Lipinski definition) is 1. The first-order valence-electron chi connectivity index (χ1n) is 8.09. The molecular formula is C18H22N2O4.